The van der Waals surface area contributed by atoms with Crippen molar-refractivity contribution in [1.29, 1.82) is 0 Å². The molecule has 0 aliphatic carbocycles. The molecule has 0 amide bonds. The van der Waals surface area contributed by atoms with Gasteiger partial charge < -0.3 is 5.32 Å². The van der Waals surface area contributed by atoms with Gasteiger partial charge in [0.05, 0.1) is 10.7 Å². The van der Waals surface area contributed by atoms with Gasteiger partial charge in [0, 0.05) is 23.1 Å². The molecule has 0 atom stereocenters. The molecule has 1 heterocycles. The van der Waals surface area contributed by atoms with Crippen molar-refractivity contribution in [3.63, 3.8) is 0 Å². The van der Waals surface area contributed by atoms with Crippen LogP contribution in [0.4, 0.5) is 11.6 Å². The lowest BCUT2D eigenvalue weighted by Crippen LogP contribution is -2.01. The third kappa shape index (κ3) is 2.64. The normalized spacial score (nSPS) is 10.5. The Morgan fingerprint density at radius 1 is 1.00 bits per heavy atom. The van der Waals surface area contributed by atoms with Crippen molar-refractivity contribution in [2.24, 2.45) is 0 Å². The average molecular weight is 304 g/mol. The standard InChI is InChI=1S/C15H11Cl2N3/c16-11-6-7-13(17)14(10-11)19-15-18-8-9-20(15)12-4-2-1-3-5-12/h1-10H,(H,18,19). The first kappa shape index (κ1) is 13.0. The van der Waals surface area contributed by atoms with E-state index in [0.717, 1.165) is 11.4 Å². The summed E-state index contributed by atoms with van der Waals surface area (Å²) >= 11 is 12.1. The van der Waals surface area contributed by atoms with E-state index in [1.165, 1.54) is 0 Å². The number of rotatable bonds is 3. The number of nitrogens with one attached hydrogen (secondary N) is 1. The van der Waals surface area contributed by atoms with Gasteiger partial charge in [0.25, 0.3) is 0 Å². The van der Waals surface area contributed by atoms with E-state index in [2.05, 4.69) is 10.3 Å². The van der Waals surface area contributed by atoms with Crippen LogP contribution in [0.1, 0.15) is 0 Å². The van der Waals surface area contributed by atoms with Crippen molar-refractivity contribution < 1.29 is 0 Å². The number of hydrogen-bond donors (Lipinski definition) is 1. The fraction of sp³-hybridized carbons (Fsp3) is 0. The van der Waals surface area contributed by atoms with Crippen LogP contribution in [0.15, 0.2) is 60.9 Å². The summed E-state index contributed by atoms with van der Waals surface area (Å²) in [7, 11) is 0. The van der Waals surface area contributed by atoms with Crippen LogP contribution in [0.5, 0.6) is 0 Å². The SMILES string of the molecule is Clc1ccc(Cl)c(Nc2nccn2-c2ccccc2)c1. The molecule has 0 bridgehead atoms. The molecule has 0 aliphatic heterocycles. The zero-order chi connectivity index (χ0) is 13.9. The zero-order valence-electron chi connectivity index (χ0n) is 10.4. The first-order valence-electron chi connectivity index (χ1n) is 6.05. The van der Waals surface area contributed by atoms with Gasteiger partial charge >= 0.3 is 0 Å². The molecular formula is C15H11Cl2N3. The van der Waals surface area contributed by atoms with E-state index in [9.17, 15) is 0 Å². The Balaban J connectivity index is 1.97. The quantitative estimate of drug-likeness (QED) is 0.744. The molecule has 0 unspecified atom stereocenters. The number of hydrogen-bond acceptors (Lipinski definition) is 2. The van der Waals surface area contributed by atoms with Crippen molar-refractivity contribution in [2.45, 2.75) is 0 Å². The highest BCUT2D eigenvalue weighted by atomic mass is 35.5. The van der Waals surface area contributed by atoms with Gasteiger partial charge in [0.1, 0.15) is 0 Å². The number of halogens is 2. The third-order valence-corrected chi connectivity index (χ3v) is 3.41. The molecule has 5 heteroatoms. The minimum atomic E-state index is 0.594. The maximum Gasteiger partial charge on any atom is 0.212 e. The molecule has 0 saturated heterocycles. The van der Waals surface area contributed by atoms with E-state index in [0.29, 0.717) is 16.0 Å². The van der Waals surface area contributed by atoms with Crippen LogP contribution < -0.4 is 5.32 Å². The van der Waals surface area contributed by atoms with Gasteiger partial charge in [-0.3, -0.25) is 4.57 Å². The summed E-state index contributed by atoms with van der Waals surface area (Å²) in [6.07, 6.45) is 3.61. The fourth-order valence-electron chi connectivity index (χ4n) is 1.91. The van der Waals surface area contributed by atoms with Crippen molar-refractivity contribution >= 4 is 34.8 Å². The molecule has 0 spiro atoms. The number of imidazole rings is 1. The van der Waals surface area contributed by atoms with Gasteiger partial charge in [0.15, 0.2) is 0 Å². The highest BCUT2D eigenvalue weighted by molar-refractivity contribution is 6.35. The molecule has 1 N–H and O–H groups in total. The monoisotopic (exact) mass is 303 g/mol. The minimum absolute atomic E-state index is 0.594. The van der Waals surface area contributed by atoms with Gasteiger partial charge in [-0.2, -0.15) is 0 Å². The first-order valence-corrected chi connectivity index (χ1v) is 6.80. The lowest BCUT2D eigenvalue weighted by atomic mass is 10.3. The van der Waals surface area contributed by atoms with Crippen LogP contribution >= 0.6 is 23.2 Å². The zero-order valence-corrected chi connectivity index (χ0v) is 11.9. The first-order chi connectivity index (χ1) is 9.74. The smallest absolute Gasteiger partial charge is 0.212 e. The number of benzene rings is 2. The summed E-state index contributed by atoms with van der Waals surface area (Å²) < 4.78 is 1.94. The molecule has 0 saturated carbocycles. The molecule has 20 heavy (non-hydrogen) atoms. The van der Waals surface area contributed by atoms with Crippen LogP contribution in [0.25, 0.3) is 5.69 Å². The second kappa shape index (κ2) is 5.57. The van der Waals surface area contributed by atoms with Gasteiger partial charge in [0.2, 0.25) is 5.95 Å². The highest BCUT2D eigenvalue weighted by Gasteiger charge is 2.07. The predicted octanol–water partition coefficient (Wildman–Crippen LogP) is 4.92. The van der Waals surface area contributed by atoms with E-state index >= 15 is 0 Å². The molecule has 100 valence electrons. The van der Waals surface area contributed by atoms with E-state index in [1.807, 2.05) is 41.1 Å². The number of anilines is 2. The third-order valence-electron chi connectivity index (χ3n) is 2.85. The van der Waals surface area contributed by atoms with E-state index in [4.69, 9.17) is 23.2 Å². The molecule has 3 aromatic rings. The molecule has 2 aromatic carbocycles. The van der Waals surface area contributed by atoms with Crippen LogP contribution in [-0.2, 0) is 0 Å². The molecule has 3 rings (SSSR count). The van der Waals surface area contributed by atoms with E-state index < -0.39 is 0 Å². The minimum Gasteiger partial charge on any atom is -0.324 e. The average Bonchev–Trinajstić information content (AvgIpc) is 2.92. The van der Waals surface area contributed by atoms with Gasteiger partial charge in [-0.15, -0.1) is 0 Å². The molecule has 1 aromatic heterocycles. The summed E-state index contributed by atoms with van der Waals surface area (Å²) in [4.78, 5) is 4.31. The molecule has 0 radical (unpaired) electrons. The summed E-state index contributed by atoms with van der Waals surface area (Å²) in [5.74, 6) is 0.681. The Hall–Kier alpha value is -1.97. The summed E-state index contributed by atoms with van der Waals surface area (Å²) in [5, 5.41) is 4.41. The highest BCUT2D eigenvalue weighted by Crippen LogP contribution is 2.28. The Kier molecular flexibility index (Phi) is 3.63. The van der Waals surface area contributed by atoms with Gasteiger partial charge in [-0.25, -0.2) is 4.98 Å². The van der Waals surface area contributed by atoms with Crippen LogP contribution in [-0.4, -0.2) is 9.55 Å². The maximum atomic E-state index is 6.15. The largest absolute Gasteiger partial charge is 0.324 e. The van der Waals surface area contributed by atoms with Crippen molar-refractivity contribution in [1.82, 2.24) is 9.55 Å². The van der Waals surface area contributed by atoms with Crippen LogP contribution in [0.3, 0.4) is 0 Å². The molecule has 3 nitrogen and oxygen atoms in total. The Morgan fingerprint density at radius 2 is 1.80 bits per heavy atom. The predicted molar refractivity (Wildman–Crippen MR) is 83.3 cm³/mol. The Morgan fingerprint density at radius 3 is 2.60 bits per heavy atom. The lowest BCUT2D eigenvalue weighted by Gasteiger charge is -2.11. The van der Waals surface area contributed by atoms with Crippen LogP contribution in [0.2, 0.25) is 10.0 Å². The summed E-state index contributed by atoms with van der Waals surface area (Å²) in [5.41, 5.74) is 1.74. The van der Waals surface area contributed by atoms with Crippen LogP contribution in [0, 0.1) is 0 Å². The lowest BCUT2D eigenvalue weighted by molar-refractivity contribution is 1.06. The summed E-state index contributed by atoms with van der Waals surface area (Å²) in [6, 6.07) is 15.2. The topological polar surface area (TPSA) is 29.9 Å². The second-order valence-electron chi connectivity index (χ2n) is 4.21. The number of para-hydroxylation sites is 1. The Labute approximate surface area is 126 Å². The van der Waals surface area contributed by atoms with Crippen molar-refractivity contribution in [3.8, 4) is 5.69 Å². The number of nitrogens with zero attached hydrogens (tertiary/aromatic N) is 2. The maximum absolute atomic E-state index is 6.15. The number of aromatic nitrogens is 2. The molecule has 0 fully saturated rings. The summed E-state index contributed by atoms with van der Waals surface area (Å²) in [6.45, 7) is 0. The fourth-order valence-corrected chi connectivity index (χ4v) is 2.24. The van der Waals surface area contributed by atoms with Gasteiger partial charge in [-0.05, 0) is 30.3 Å². The molecule has 0 aliphatic rings. The second-order valence-corrected chi connectivity index (χ2v) is 5.05. The van der Waals surface area contributed by atoms with E-state index in [-0.39, 0.29) is 0 Å². The van der Waals surface area contributed by atoms with E-state index in [1.54, 1.807) is 24.4 Å². The van der Waals surface area contributed by atoms with Gasteiger partial charge in [-0.1, -0.05) is 41.4 Å². The molecular weight excluding hydrogens is 293 g/mol. The Bertz CT molecular complexity index is 723. The van der Waals surface area contributed by atoms with Crippen molar-refractivity contribution in [3.05, 3.63) is 71.0 Å². The van der Waals surface area contributed by atoms with Crippen molar-refractivity contribution in [2.75, 3.05) is 5.32 Å².